The number of esters is 1. The molecule has 124 valence electrons. The summed E-state index contributed by atoms with van der Waals surface area (Å²) < 4.78 is 17.2. The third kappa shape index (κ3) is 3.29. The Balaban J connectivity index is 2.02. The fraction of sp³-hybridized carbons (Fsp3) is 0.471. The van der Waals surface area contributed by atoms with E-state index in [1.807, 2.05) is 19.1 Å². The fourth-order valence-corrected chi connectivity index (χ4v) is 3.67. The van der Waals surface area contributed by atoms with Gasteiger partial charge in [-0.2, -0.15) is 0 Å². The fourth-order valence-electron chi connectivity index (χ4n) is 2.98. The van der Waals surface area contributed by atoms with Crippen molar-refractivity contribution in [3.05, 3.63) is 33.5 Å². The van der Waals surface area contributed by atoms with E-state index in [4.69, 9.17) is 13.9 Å². The van der Waals surface area contributed by atoms with Gasteiger partial charge in [0.2, 0.25) is 0 Å². The Bertz CT molecular complexity index is 719. The van der Waals surface area contributed by atoms with Crippen molar-refractivity contribution in [1.29, 1.82) is 0 Å². The number of carbonyl (C=O) groups excluding carboxylic acids is 1. The first-order chi connectivity index (χ1) is 11.1. The van der Waals surface area contributed by atoms with Gasteiger partial charge in [0.1, 0.15) is 11.3 Å². The highest BCUT2D eigenvalue weighted by Crippen LogP contribution is 2.33. The van der Waals surface area contributed by atoms with Gasteiger partial charge < -0.3 is 13.9 Å². The third-order valence-electron chi connectivity index (χ3n) is 4.16. The van der Waals surface area contributed by atoms with Crippen LogP contribution in [0.25, 0.3) is 11.0 Å². The summed E-state index contributed by atoms with van der Waals surface area (Å²) in [7, 11) is 1.41. The average molecular weight is 382 g/mol. The topological polar surface area (TPSA) is 51.9 Å². The molecule has 0 aliphatic carbocycles. The first kappa shape index (κ1) is 16.5. The summed E-state index contributed by atoms with van der Waals surface area (Å²) in [5, 5.41) is 0.820. The number of carbonyl (C=O) groups is 1. The standard InChI is InChI=1S/C17H20BrNO4/c1-3-12-14(18)9-15-13(16(12)17(20)21-2)8-11(23-15)10-19-4-6-22-7-5-19/h8-9H,3-7,10H2,1-2H3. The van der Waals surface area contributed by atoms with E-state index in [9.17, 15) is 4.79 Å². The molecule has 23 heavy (non-hydrogen) atoms. The van der Waals surface area contributed by atoms with Crippen molar-refractivity contribution in [2.45, 2.75) is 19.9 Å². The molecular formula is C17H20BrNO4. The minimum absolute atomic E-state index is 0.327. The monoisotopic (exact) mass is 381 g/mol. The second-order valence-corrected chi connectivity index (χ2v) is 6.42. The van der Waals surface area contributed by atoms with E-state index in [2.05, 4.69) is 20.8 Å². The maximum atomic E-state index is 12.2. The smallest absolute Gasteiger partial charge is 0.338 e. The Hall–Kier alpha value is -1.37. The Morgan fingerprint density at radius 1 is 1.35 bits per heavy atom. The number of methoxy groups -OCH3 is 1. The number of rotatable bonds is 4. The Labute approximate surface area is 143 Å². The predicted molar refractivity (Wildman–Crippen MR) is 90.7 cm³/mol. The van der Waals surface area contributed by atoms with E-state index in [0.717, 1.165) is 60.5 Å². The summed E-state index contributed by atoms with van der Waals surface area (Å²) >= 11 is 3.54. The first-order valence-electron chi connectivity index (χ1n) is 7.76. The Morgan fingerprint density at radius 2 is 2.09 bits per heavy atom. The molecule has 0 radical (unpaired) electrons. The number of hydrogen-bond donors (Lipinski definition) is 0. The average Bonchev–Trinajstić information content (AvgIpc) is 2.95. The number of morpholine rings is 1. The van der Waals surface area contributed by atoms with Crippen LogP contribution in [0.2, 0.25) is 0 Å². The molecule has 1 fully saturated rings. The Morgan fingerprint density at radius 3 is 2.74 bits per heavy atom. The molecule has 5 nitrogen and oxygen atoms in total. The zero-order valence-electron chi connectivity index (χ0n) is 13.4. The number of ether oxygens (including phenoxy) is 2. The lowest BCUT2D eigenvalue weighted by Gasteiger charge is -2.25. The van der Waals surface area contributed by atoms with Crippen molar-refractivity contribution in [3.8, 4) is 0 Å². The van der Waals surface area contributed by atoms with E-state index in [0.29, 0.717) is 11.1 Å². The van der Waals surface area contributed by atoms with E-state index in [1.165, 1.54) is 7.11 Å². The van der Waals surface area contributed by atoms with Gasteiger partial charge in [0.25, 0.3) is 0 Å². The van der Waals surface area contributed by atoms with Gasteiger partial charge >= 0.3 is 5.97 Å². The van der Waals surface area contributed by atoms with Crippen molar-refractivity contribution < 1.29 is 18.7 Å². The molecular weight excluding hydrogens is 362 g/mol. The van der Waals surface area contributed by atoms with Gasteiger partial charge in [-0.15, -0.1) is 0 Å². The molecule has 6 heteroatoms. The molecule has 2 heterocycles. The van der Waals surface area contributed by atoms with Crippen LogP contribution in [0.15, 0.2) is 21.0 Å². The molecule has 0 bridgehead atoms. The van der Waals surface area contributed by atoms with Crippen LogP contribution >= 0.6 is 15.9 Å². The van der Waals surface area contributed by atoms with Gasteiger partial charge in [-0.1, -0.05) is 22.9 Å². The van der Waals surface area contributed by atoms with Gasteiger partial charge in [0.15, 0.2) is 0 Å². The van der Waals surface area contributed by atoms with Gasteiger partial charge in [0.05, 0.1) is 32.4 Å². The van der Waals surface area contributed by atoms with Crippen molar-refractivity contribution in [2.24, 2.45) is 0 Å². The van der Waals surface area contributed by atoms with Gasteiger partial charge in [-0.25, -0.2) is 4.79 Å². The number of hydrogen-bond acceptors (Lipinski definition) is 5. The minimum atomic E-state index is -0.327. The summed E-state index contributed by atoms with van der Waals surface area (Å²) in [4.78, 5) is 14.5. The summed E-state index contributed by atoms with van der Waals surface area (Å²) in [6.07, 6.45) is 0.741. The molecule has 1 aliphatic rings. The second-order valence-electron chi connectivity index (χ2n) is 5.57. The SMILES string of the molecule is CCc1c(Br)cc2oc(CN3CCOCC3)cc2c1C(=O)OC. The van der Waals surface area contributed by atoms with Crippen LogP contribution in [0.4, 0.5) is 0 Å². The highest BCUT2D eigenvalue weighted by molar-refractivity contribution is 9.10. The quantitative estimate of drug-likeness (QED) is 0.759. The molecule has 0 spiro atoms. The summed E-state index contributed by atoms with van der Waals surface area (Å²) in [6, 6.07) is 3.89. The van der Waals surface area contributed by atoms with Gasteiger partial charge in [-0.3, -0.25) is 4.90 Å². The van der Waals surface area contributed by atoms with Crippen LogP contribution in [-0.2, 0) is 22.4 Å². The molecule has 1 aliphatic heterocycles. The minimum Gasteiger partial charge on any atom is -0.465 e. The zero-order chi connectivity index (χ0) is 16.4. The van der Waals surface area contributed by atoms with Crippen LogP contribution in [0.3, 0.4) is 0 Å². The number of halogens is 1. The Kier molecular flexibility index (Phi) is 5.04. The first-order valence-corrected chi connectivity index (χ1v) is 8.55. The zero-order valence-corrected chi connectivity index (χ0v) is 14.9. The largest absolute Gasteiger partial charge is 0.465 e. The summed E-state index contributed by atoms with van der Waals surface area (Å²) in [6.45, 7) is 6.03. The molecule has 1 aromatic heterocycles. The second kappa shape index (κ2) is 7.03. The van der Waals surface area contributed by atoms with Crippen LogP contribution in [0.5, 0.6) is 0 Å². The van der Waals surface area contributed by atoms with Crippen molar-refractivity contribution >= 4 is 32.9 Å². The molecule has 0 N–H and O–H groups in total. The van der Waals surface area contributed by atoms with Gasteiger partial charge in [-0.05, 0) is 24.1 Å². The maximum absolute atomic E-state index is 12.2. The number of nitrogens with zero attached hydrogens (tertiary/aromatic N) is 1. The molecule has 3 rings (SSSR count). The van der Waals surface area contributed by atoms with Crippen LogP contribution in [0.1, 0.15) is 28.6 Å². The molecule has 0 saturated carbocycles. The predicted octanol–water partition coefficient (Wildman–Crippen LogP) is 3.38. The van der Waals surface area contributed by atoms with Crippen molar-refractivity contribution in [2.75, 3.05) is 33.4 Å². The highest BCUT2D eigenvalue weighted by Gasteiger charge is 2.22. The van der Waals surface area contributed by atoms with Crippen LogP contribution in [-0.4, -0.2) is 44.3 Å². The highest BCUT2D eigenvalue weighted by atomic mass is 79.9. The van der Waals surface area contributed by atoms with Gasteiger partial charge in [0, 0.05) is 22.9 Å². The lowest BCUT2D eigenvalue weighted by molar-refractivity contribution is 0.0315. The third-order valence-corrected chi connectivity index (χ3v) is 4.86. The van der Waals surface area contributed by atoms with Crippen molar-refractivity contribution in [3.63, 3.8) is 0 Å². The van der Waals surface area contributed by atoms with E-state index >= 15 is 0 Å². The van der Waals surface area contributed by atoms with E-state index in [1.54, 1.807) is 0 Å². The van der Waals surface area contributed by atoms with E-state index < -0.39 is 0 Å². The van der Waals surface area contributed by atoms with E-state index in [-0.39, 0.29) is 5.97 Å². The maximum Gasteiger partial charge on any atom is 0.338 e. The molecule has 0 atom stereocenters. The van der Waals surface area contributed by atoms with Crippen LogP contribution < -0.4 is 0 Å². The normalized spacial score (nSPS) is 16.0. The lowest BCUT2D eigenvalue weighted by atomic mass is 10.0. The van der Waals surface area contributed by atoms with Crippen molar-refractivity contribution in [1.82, 2.24) is 4.90 Å². The molecule has 0 unspecified atom stereocenters. The molecule has 1 aromatic carbocycles. The summed E-state index contributed by atoms with van der Waals surface area (Å²) in [5.41, 5.74) is 2.25. The number of benzene rings is 1. The molecule has 0 amide bonds. The summed E-state index contributed by atoms with van der Waals surface area (Å²) in [5.74, 6) is 0.527. The molecule has 2 aromatic rings. The number of fused-ring (bicyclic) bond motifs is 1. The molecule has 1 saturated heterocycles. The van der Waals surface area contributed by atoms with Crippen LogP contribution in [0, 0.1) is 0 Å². The number of furan rings is 1. The lowest BCUT2D eigenvalue weighted by Crippen LogP contribution is -2.35.